The van der Waals surface area contributed by atoms with Crippen LogP contribution in [0.15, 0.2) is 59.5 Å². The van der Waals surface area contributed by atoms with E-state index in [0.29, 0.717) is 13.1 Å². The van der Waals surface area contributed by atoms with Gasteiger partial charge in [-0.1, -0.05) is 36.4 Å². The smallest absolute Gasteiger partial charge is 0.239 e. The van der Waals surface area contributed by atoms with E-state index in [-0.39, 0.29) is 22.8 Å². The highest BCUT2D eigenvalue weighted by Crippen LogP contribution is 2.37. The molecule has 2 aromatic carbocycles. The Morgan fingerprint density at radius 2 is 1.64 bits per heavy atom. The Balaban J connectivity index is 1.71. The van der Waals surface area contributed by atoms with Gasteiger partial charge in [0, 0.05) is 18.7 Å². The van der Waals surface area contributed by atoms with Gasteiger partial charge in [-0.15, -0.1) is 0 Å². The van der Waals surface area contributed by atoms with Crippen molar-refractivity contribution in [2.24, 2.45) is 0 Å². The molecule has 2 fully saturated rings. The Kier molecular flexibility index (Phi) is 5.21. The number of halogens is 1. The third-order valence-electron chi connectivity index (χ3n) is 5.65. The maximum Gasteiger partial charge on any atom is 0.239 e. The monoisotopic (exact) mass is 402 g/mol. The molecule has 2 aromatic rings. The van der Waals surface area contributed by atoms with Gasteiger partial charge in [0.1, 0.15) is 5.82 Å². The van der Waals surface area contributed by atoms with Gasteiger partial charge in [-0.25, -0.2) is 12.8 Å². The van der Waals surface area contributed by atoms with Crippen LogP contribution >= 0.6 is 0 Å². The molecule has 0 aromatic heterocycles. The molecule has 0 bridgehead atoms. The number of carbonyl (C=O) groups is 1. The summed E-state index contributed by atoms with van der Waals surface area (Å²) in [5, 5.41) is 2.23. The fraction of sp³-hybridized carbons (Fsp3) is 0.381. The van der Waals surface area contributed by atoms with E-state index in [1.165, 1.54) is 6.07 Å². The molecule has 148 valence electrons. The number of benzene rings is 2. The van der Waals surface area contributed by atoms with Gasteiger partial charge in [-0.3, -0.25) is 10.1 Å². The first-order chi connectivity index (χ1) is 13.5. The minimum absolute atomic E-state index is 0.0930. The van der Waals surface area contributed by atoms with E-state index in [1.807, 2.05) is 0 Å². The van der Waals surface area contributed by atoms with Crippen LogP contribution in [0.2, 0.25) is 0 Å². The quantitative estimate of drug-likeness (QED) is 0.854. The average Bonchev–Trinajstić information content (AvgIpc) is 3.39. The zero-order chi connectivity index (χ0) is 19.7. The van der Waals surface area contributed by atoms with Gasteiger partial charge in [0.15, 0.2) is 9.84 Å². The number of rotatable bonds is 4. The van der Waals surface area contributed by atoms with Crippen LogP contribution in [0.1, 0.15) is 30.9 Å². The topological polar surface area (TPSA) is 66.5 Å². The van der Waals surface area contributed by atoms with Crippen molar-refractivity contribution < 1.29 is 17.6 Å². The first kappa shape index (κ1) is 19.1. The van der Waals surface area contributed by atoms with E-state index in [0.717, 1.165) is 12.8 Å². The molecule has 4 rings (SSSR count). The highest BCUT2D eigenvalue weighted by atomic mass is 32.2. The summed E-state index contributed by atoms with van der Waals surface area (Å²) in [6.07, 6.45) is 2.05. The molecule has 1 N–H and O–H groups in total. The fourth-order valence-electron chi connectivity index (χ4n) is 4.20. The first-order valence-electron chi connectivity index (χ1n) is 9.56. The molecule has 2 aliphatic rings. The molecule has 0 radical (unpaired) electrons. The summed E-state index contributed by atoms with van der Waals surface area (Å²) >= 11 is 0. The Labute approximate surface area is 164 Å². The lowest BCUT2D eigenvalue weighted by atomic mass is 10.0. The third-order valence-corrected chi connectivity index (χ3v) is 7.84. The predicted octanol–water partition coefficient (Wildman–Crippen LogP) is 2.69. The standard InChI is InChI=1S/C21H23FN2O3S/c22-17-11-5-4-10-16(17)20-19(28(26,27)15-8-2-1-3-9-15)14-18(23-20)21(25)24-12-6-7-13-24/h1-5,8-11,18-20,23H,6-7,12-14H2. The van der Waals surface area contributed by atoms with Crippen molar-refractivity contribution in [1.29, 1.82) is 0 Å². The summed E-state index contributed by atoms with van der Waals surface area (Å²) in [6, 6.07) is 12.9. The Hall–Kier alpha value is -2.25. The molecule has 2 aliphatic heterocycles. The van der Waals surface area contributed by atoms with E-state index in [9.17, 15) is 17.6 Å². The van der Waals surface area contributed by atoms with E-state index in [2.05, 4.69) is 5.32 Å². The van der Waals surface area contributed by atoms with Crippen LogP contribution in [-0.2, 0) is 14.6 Å². The lowest BCUT2D eigenvalue weighted by Gasteiger charge is -2.21. The number of carbonyl (C=O) groups excluding carboxylic acids is 1. The number of hydrogen-bond donors (Lipinski definition) is 1. The Bertz CT molecular complexity index is 959. The molecular formula is C21H23FN2O3S. The molecule has 1 amide bonds. The molecular weight excluding hydrogens is 379 g/mol. The van der Waals surface area contributed by atoms with Crippen molar-refractivity contribution in [3.05, 3.63) is 66.0 Å². The zero-order valence-corrected chi connectivity index (χ0v) is 16.2. The normalized spacial score (nSPS) is 25.2. The van der Waals surface area contributed by atoms with E-state index >= 15 is 0 Å². The average molecular weight is 402 g/mol. The van der Waals surface area contributed by atoms with Gasteiger partial charge in [0.2, 0.25) is 5.91 Å². The van der Waals surface area contributed by atoms with E-state index in [4.69, 9.17) is 0 Å². The second-order valence-electron chi connectivity index (χ2n) is 7.38. The molecule has 7 heteroatoms. The lowest BCUT2D eigenvalue weighted by molar-refractivity contribution is -0.132. The van der Waals surface area contributed by atoms with Gasteiger partial charge < -0.3 is 4.90 Å². The summed E-state index contributed by atoms with van der Waals surface area (Å²) in [5.41, 5.74) is 0.281. The summed E-state index contributed by atoms with van der Waals surface area (Å²) in [4.78, 5) is 14.9. The third kappa shape index (κ3) is 3.44. The van der Waals surface area contributed by atoms with E-state index in [1.54, 1.807) is 53.4 Å². The van der Waals surface area contributed by atoms with Crippen LogP contribution in [0.25, 0.3) is 0 Å². The van der Waals surface area contributed by atoms with Crippen LogP contribution in [0.5, 0.6) is 0 Å². The number of likely N-dealkylation sites (tertiary alicyclic amines) is 1. The van der Waals surface area contributed by atoms with Crippen LogP contribution in [0.3, 0.4) is 0 Å². The van der Waals surface area contributed by atoms with Gasteiger partial charge in [-0.05, 0) is 37.5 Å². The summed E-state index contributed by atoms with van der Waals surface area (Å²) in [6.45, 7) is 1.38. The highest BCUT2D eigenvalue weighted by Gasteiger charge is 2.47. The second-order valence-corrected chi connectivity index (χ2v) is 9.55. The molecule has 0 saturated carbocycles. The minimum atomic E-state index is -3.74. The van der Waals surface area contributed by atoms with Crippen molar-refractivity contribution in [1.82, 2.24) is 10.2 Å². The van der Waals surface area contributed by atoms with Gasteiger partial charge in [0.05, 0.1) is 22.2 Å². The SMILES string of the molecule is O=C(C1CC(S(=O)(=O)c2ccccc2)C(c2ccccc2F)N1)N1CCCC1. The minimum Gasteiger partial charge on any atom is -0.341 e. The molecule has 5 nitrogen and oxygen atoms in total. The van der Waals surface area contributed by atoms with Crippen molar-refractivity contribution in [2.45, 2.75) is 41.5 Å². The fourth-order valence-corrected chi connectivity index (χ4v) is 6.11. The molecule has 2 saturated heterocycles. The van der Waals surface area contributed by atoms with E-state index < -0.39 is 33.0 Å². The van der Waals surface area contributed by atoms with Crippen molar-refractivity contribution in [3.63, 3.8) is 0 Å². The molecule has 28 heavy (non-hydrogen) atoms. The van der Waals surface area contributed by atoms with Gasteiger partial charge in [0.25, 0.3) is 0 Å². The zero-order valence-electron chi connectivity index (χ0n) is 15.4. The number of amides is 1. The second kappa shape index (κ2) is 7.64. The van der Waals surface area contributed by atoms with Crippen molar-refractivity contribution in [3.8, 4) is 0 Å². The highest BCUT2D eigenvalue weighted by molar-refractivity contribution is 7.92. The molecule has 2 heterocycles. The lowest BCUT2D eigenvalue weighted by Crippen LogP contribution is -2.42. The number of nitrogens with one attached hydrogen (secondary N) is 1. The van der Waals surface area contributed by atoms with Crippen LogP contribution in [0, 0.1) is 5.82 Å². The summed E-state index contributed by atoms with van der Waals surface area (Å²) in [7, 11) is -3.74. The van der Waals surface area contributed by atoms with Gasteiger partial charge in [-0.2, -0.15) is 0 Å². The Morgan fingerprint density at radius 3 is 2.32 bits per heavy atom. The molecule has 3 unspecified atom stereocenters. The summed E-state index contributed by atoms with van der Waals surface area (Å²) < 4.78 is 41.2. The summed E-state index contributed by atoms with van der Waals surface area (Å²) in [5.74, 6) is -0.563. The number of nitrogens with zero attached hydrogens (tertiary/aromatic N) is 1. The molecule has 3 atom stereocenters. The number of hydrogen-bond acceptors (Lipinski definition) is 4. The maximum absolute atomic E-state index is 14.5. The molecule has 0 aliphatic carbocycles. The Morgan fingerprint density at radius 1 is 1.00 bits per heavy atom. The van der Waals surface area contributed by atoms with Crippen LogP contribution in [0.4, 0.5) is 4.39 Å². The van der Waals surface area contributed by atoms with Crippen molar-refractivity contribution in [2.75, 3.05) is 13.1 Å². The van der Waals surface area contributed by atoms with Crippen LogP contribution in [-0.4, -0.2) is 43.6 Å². The first-order valence-corrected chi connectivity index (χ1v) is 11.1. The van der Waals surface area contributed by atoms with Crippen LogP contribution < -0.4 is 5.32 Å². The molecule has 0 spiro atoms. The maximum atomic E-state index is 14.5. The predicted molar refractivity (Wildman–Crippen MR) is 104 cm³/mol. The van der Waals surface area contributed by atoms with Gasteiger partial charge >= 0.3 is 0 Å². The van der Waals surface area contributed by atoms with Crippen molar-refractivity contribution >= 4 is 15.7 Å². The largest absolute Gasteiger partial charge is 0.341 e. The number of sulfone groups is 1.